The van der Waals surface area contributed by atoms with Crippen LogP contribution in [0.25, 0.3) is 0 Å². The highest BCUT2D eigenvalue weighted by Crippen LogP contribution is 2.10. The van der Waals surface area contributed by atoms with Gasteiger partial charge < -0.3 is 10.6 Å². The van der Waals surface area contributed by atoms with Crippen molar-refractivity contribution in [3.8, 4) is 0 Å². The second kappa shape index (κ2) is 7.46. The molecule has 0 fully saturated rings. The van der Waals surface area contributed by atoms with Crippen LogP contribution in [0.3, 0.4) is 0 Å². The van der Waals surface area contributed by atoms with E-state index in [1.54, 1.807) is 6.92 Å². The molecule has 1 amide bonds. The lowest BCUT2D eigenvalue weighted by Gasteiger charge is -2.21. The summed E-state index contributed by atoms with van der Waals surface area (Å²) in [6.45, 7) is 3.97. The minimum atomic E-state index is -0.322. The van der Waals surface area contributed by atoms with Gasteiger partial charge in [0.25, 0.3) is 0 Å². The van der Waals surface area contributed by atoms with E-state index in [1.807, 2.05) is 20.2 Å². The molecule has 0 saturated heterocycles. The van der Waals surface area contributed by atoms with E-state index < -0.39 is 0 Å². The van der Waals surface area contributed by atoms with Gasteiger partial charge in [0.1, 0.15) is 0 Å². The largest absolute Gasteiger partial charge is 0.366 e. The average Bonchev–Trinajstić information content (AvgIpc) is 2.15. The van der Waals surface area contributed by atoms with Crippen molar-refractivity contribution in [2.24, 2.45) is 5.73 Å². The molecule has 0 aliphatic carbocycles. The molecule has 0 rings (SSSR count). The van der Waals surface area contributed by atoms with Crippen molar-refractivity contribution < 1.29 is 4.79 Å². The maximum atomic E-state index is 10.9. The Bertz CT molecular complexity index is 222. The summed E-state index contributed by atoms with van der Waals surface area (Å²) in [6, 6.07) is 0.323. The Labute approximate surface area is 93.3 Å². The third-order valence-electron chi connectivity index (χ3n) is 2.60. The molecule has 0 spiro atoms. The number of hydrogen-bond donors (Lipinski definition) is 1. The number of nitrogens with two attached hydrogens (primary N) is 1. The zero-order chi connectivity index (χ0) is 11.8. The Kier molecular flexibility index (Phi) is 7.05. The number of hydrogen-bond acceptors (Lipinski definition) is 2. The second-order valence-corrected chi connectivity index (χ2v) is 4.24. The van der Waals surface area contributed by atoms with Gasteiger partial charge >= 0.3 is 0 Å². The molecule has 0 aliphatic heterocycles. The molecule has 0 radical (unpaired) electrons. The fourth-order valence-electron chi connectivity index (χ4n) is 1.46. The Balaban J connectivity index is 4.27. The van der Waals surface area contributed by atoms with Gasteiger partial charge in [-0.05, 0) is 27.4 Å². The predicted molar refractivity (Wildman–Crippen MR) is 64.6 cm³/mol. The molecule has 0 aromatic rings. The minimum Gasteiger partial charge on any atom is -0.366 e. The van der Waals surface area contributed by atoms with Crippen LogP contribution in [0, 0.1) is 0 Å². The minimum absolute atomic E-state index is 0.322. The topological polar surface area (TPSA) is 46.3 Å². The van der Waals surface area contributed by atoms with E-state index in [9.17, 15) is 4.79 Å². The van der Waals surface area contributed by atoms with Crippen LogP contribution in [0.5, 0.6) is 0 Å². The molecule has 1 atom stereocenters. The molecule has 0 aliphatic rings. The molecule has 88 valence electrons. The monoisotopic (exact) mass is 212 g/mol. The fraction of sp³-hybridized carbons (Fsp3) is 0.750. The summed E-state index contributed by atoms with van der Waals surface area (Å²) < 4.78 is 0. The van der Waals surface area contributed by atoms with Crippen LogP contribution >= 0.6 is 0 Å². The summed E-state index contributed by atoms with van der Waals surface area (Å²) in [6.07, 6.45) is 6.72. The standard InChI is InChI=1S/C12H24N2O/c1-5-6-7-8-11(14(3)4)9-10(2)12(13)15/h9,11H,5-8H2,1-4H3,(H2,13,15). The van der Waals surface area contributed by atoms with Crippen LogP contribution in [0.15, 0.2) is 11.6 Å². The summed E-state index contributed by atoms with van der Waals surface area (Å²) in [5, 5.41) is 0. The number of carbonyl (C=O) groups is 1. The van der Waals surface area contributed by atoms with Gasteiger partial charge in [0, 0.05) is 11.6 Å². The van der Waals surface area contributed by atoms with Crippen LogP contribution < -0.4 is 5.73 Å². The van der Waals surface area contributed by atoms with Gasteiger partial charge in [0.15, 0.2) is 0 Å². The number of nitrogens with zero attached hydrogens (tertiary/aromatic N) is 1. The van der Waals surface area contributed by atoms with Gasteiger partial charge in [-0.2, -0.15) is 0 Å². The first-order valence-electron chi connectivity index (χ1n) is 5.63. The van der Waals surface area contributed by atoms with Gasteiger partial charge in [0.2, 0.25) is 5.91 Å². The average molecular weight is 212 g/mol. The first kappa shape index (κ1) is 14.2. The van der Waals surface area contributed by atoms with E-state index in [1.165, 1.54) is 19.3 Å². The Morgan fingerprint density at radius 1 is 1.40 bits per heavy atom. The van der Waals surface area contributed by atoms with Crippen molar-refractivity contribution in [2.75, 3.05) is 14.1 Å². The zero-order valence-corrected chi connectivity index (χ0v) is 10.4. The highest BCUT2D eigenvalue weighted by molar-refractivity contribution is 5.91. The van der Waals surface area contributed by atoms with Crippen LogP contribution in [0.4, 0.5) is 0 Å². The number of amides is 1. The molecule has 0 aromatic carbocycles. The number of carbonyl (C=O) groups excluding carboxylic acids is 1. The maximum Gasteiger partial charge on any atom is 0.244 e. The lowest BCUT2D eigenvalue weighted by atomic mass is 10.0. The number of unbranched alkanes of at least 4 members (excludes halogenated alkanes) is 2. The number of primary amides is 1. The van der Waals surface area contributed by atoms with E-state index in [0.29, 0.717) is 11.6 Å². The molecular formula is C12H24N2O. The van der Waals surface area contributed by atoms with Crippen molar-refractivity contribution in [3.05, 3.63) is 11.6 Å². The van der Waals surface area contributed by atoms with Gasteiger partial charge in [-0.25, -0.2) is 0 Å². The smallest absolute Gasteiger partial charge is 0.244 e. The van der Waals surface area contributed by atoms with Gasteiger partial charge in [-0.3, -0.25) is 4.79 Å². The highest BCUT2D eigenvalue weighted by atomic mass is 16.1. The molecule has 3 heteroatoms. The molecule has 0 heterocycles. The summed E-state index contributed by atoms with van der Waals surface area (Å²) in [4.78, 5) is 13.0. The molecule has 0 saturated carbocycles. The summed E-state index contributed by atoms with van der Waals surface area (Å²) in [5.74, 6) is -0.322. The number of likely N-dealkylation sites (N-methyl/N-ethyl adjacent to an activating group) is 1. The predicted octanol–water partition coefficient (Wildman–Crippen LogP) is 1.93. The lowest BCUT2D eigenvalue weighted by Crippen LogP contribution is -2.27. The number of rotatable bonds is 7. The van der Waals surface area contributed by atoms with Crippen LogP contribution in [0.1, 0.15) is 39.5 Å². The lowest BCUT2D eigenvalue weighted by molar-refractivity contribution is -0.114. The van der Waals surface area contributed by atoms with Gasteiger partial charge in [-0.15, -0.1) is 0 Å². The van der Waals surface area contributed by atoms with E-state index in [0.717, 1.165) is 6.42 Å². The van der Waals surface area contributed by atoms with Crippen LogP contribution in [0.2, 0.25) is 0 Å². The van der Waals surface area contributed by atoms with Crippen molar-refractivity contribution in [2.45, 2.75) is 45.6 Å². The maximum absolute atomic E-state index is 10.9. The Morgan fingerprint density at radius 3 is 2.40 bits per heavy atom. The highest BCUT2D eigenvalue weighted by Gasteiger charge is 2.09. The zero-order valence-electron chi connectivity index (χ0n) is 10.4. The molecule has 1 unspecified atom stereocenters. The SMILES string of the molecule is CCCCCC(C=C(C)C(N)=O)N(C)C. The van der Waals surface area contributed by atoms with E-state index in [2.05, 4.69) is 11.8 Å². The van der Waals surface area contributed by atoms with Crippen LogP contribution in [-0.4, -0.2) is 30.9 Å². The van der Waals surface area contributed by atoms with Crippen molar-refractivity contribution in [1.29, 1.82) is 0 Å². The summed E-state index contributed by atoms with van der Waals surface area (Å²) >= 11 is 0. The summed E-state index contributed by atoms with van der Waals surface area (Å²) in [7, 11) is 4.06. The molecule has 15 heavy (non-hydrogen) atoms. The van der Waals surface area contributed by atoms with E-state index in [4.69, 9.17) is 5.73 Å². The first-order chi connectivity index (χ1) is 6.99. The third kappa shape index (κ3) is 6.28. The second-order valence-electron chi connectivity index (χ2n) is 4.24. The summed E-state index contributed by atoms with van der Waals surface area (Å²) in [5.41, 5.74) is 5.87. The Morgan fingerprint density at radius 2 is 2.00 bits per heavy atom. The normalized spacial score (nSPS) is 14.3. The molecular weight excluding hydrogens is 188 g/mol. The van der Waals surface area contributed by atoms with Gasteiger partial charge in [0.05, 0.1) is 0 Å². The van der Waals surface area contributed by atoms with Gasteiger partial charge in [-0.1, -0.05) is 32.3 Å². The van der Waals surface area contributed by atoms with Crippen molar-refractivity contribution in [1.82, 2.24) is 4.90 Å². The third-order valence-corrected chi connectivity index (χ3v) is 2.60. The van der Waals surface area contributed by atoms with Crippen LogP contribution in [-0.2, 0) is 4.79 Å². The van der Waals surface area contributed by atoms with Crippen molar-refractivity contribution >= 4 is 5.91 Å². The molecule has 0 aromatic heterocycles. The Hall–Kier alpha value is -0.830. The molecule has 3 nitrogen and oxygen atoms in total. The molecule has 0 bridgehead atoms. The fourth-order valence-corrected chi connectivity index (χ4v) is 1.46. The first-order valence-corrected chi connectivity index (χ1v) is 5.63. The van der Waals surface area contributed by atoms with E-state index in [-0.39, 0.29) is 5.91 Å². The van der Waals surface area contributed by atoms with E-state index >= 15 is 0 Å². The van der Waals surface area contributed by atoms with Crippen molar-refractivity contribution in [3.63, 3.8) is 0 Å². The molecule has 2 N–H and O–H groups in total. The quantitative estimate of drug-likeness (QED) is 0.518.